The molecule has 0 unspecified atom stereocenters. The number of fused-ring (bicyclic) bond motifs is 6. The Kier molecular flexibility index (Phi) is 6.67. The summed E-state index contributed by atoms with van der Waals surface area (Å²) in [5, 5.41) is 24.4. The van der Waals surface area contributed by atoms with Crippen LogP contribution in [0.2, 0.25) is 0 Å². The Morgan fingerprint density at radius 2 is 1.83 bits per heavy atom. The van der Waals surface area contributed by atoms with Crippen LogP contribution in [0.1, 0.15) is 66.7 Å². The summed E-state index contributed by atoms with van der Waals surface area (Å²) in [6.45, 7) is 12.6. The quantitative estimate of drug-likeness (QED) is 0.270. The zero-order chi connectivity index (χ0) is 32.6. The number of allylic oxidation sites excluding steroid dienone is 2. The third-order valence-electron chi connectivity index (χ3n) is 14.5. The van der Waals surface area contributed by atoms with E-state index in [4.69, 9.17) is 18.9 Å². The van der Waals surface area contributed by atoms with E-state index in [-0.39, 0.29) is 47.9 Å². The van der Waals surface area contributed by atoms with Crippen molar-refractivity contribution in [2.75, 3.05) is 32.8 Å². The van der Waals surface area contributed by atoms with Crippen LogP contribution in [-0.2, 0) is 33.3 Å². The molecule has 3 saturated heterocycles. The van der Waals surface area contributed by atoms with Crippen molar-refractivity contribution in [1.82, 2.24) is 4.90 Å². The highest BCUT2D eigenvalue weighted by Gasteiger charge is 2.85. The molecule has 1 spiro atoms. The van der Waals surface area contributed by atoms with Crippen LogP contribution in [-0.4, -0.2) is 95.4 Å². The van der Waals surface area contributed by atoms with E-state index in [1.807, 2.05) is 20.8 Å². The van der Waals surface area contributed by atoms with Crippen molar-refractivity contribution in [2.24, 2.45) is 51.8 Å². The number of esters is 3. The lowest BCUT2D eigenvalue weighted by atomic mass is 9.54. The Bertz CT molecular complexity index is 1410. The molecule has 5 aliphatic carbocycles. The monoisotopic (exact) mass is 639 g/mol. The highest BCUT2D eigenvalue weighted by Crippen LogP contribution is 2.80. The first-order valence-corrected chi connectivity index (χ1v) is 17.4. The van der Waals surface area contributed by atoms with Crippen molar-refractivity contribution in [3.05, 3.63) is 23.8 Å². The van der Waals surface area contributed by atoms with Crippen molar-refractivity contribution in [3.8, 4) is 0 Å². The average Bonchev–Trinajstić information content (AvgIpc) is 3.70. The molecular formula is C36H49NO9. The molecule has 8 rings (SSSR count). The van der Waals surface area contributed by atoms with Crippen molar-refractivity contribution < 1.29 is 43.5 Å². The average molecular weight is 640 g/mol. The van der Waals surface area contributed by atoms with Gasteiger partial charge in [-0.15, -0.1) is 0 Å². The number of hydrogen-bond donors (Lipinski definition) is 2. The van der Waals surface area contributed by atoms with Crippen LogP contribution >= 0.6 is 0 Å². The lowest BCUT2D eigenvalue weighted by Crippen LogP contribution is -2.53. The van der Waals surface area contributed by atoms with Crippen LogP contribution in [0.4, 0.5) is 0 Å². The summed E-state index contributed by atoms with van der Waals surface area (Å²) >= 11 is 0. The minimum absolute atomic E-state index is 0.111. The van der Waals surface area contributed by atoms with Crippen LogP contribution in [0.25, 0.3) is 0 Å². The number of ether oxygens (including phenoxy) is 4. The molecule has 0 aromatic rings. The minimum atomic E-state index is -1.19. The summed E-state index contributed by atoms with van der Waals surface area (Å²) in [5.41, 5.74) is -4.16. The van der Waals surface area contributed by atoms with Crippen LogP contribution < -0.4 is 0 Å². The van der Waals surface area contributed by atoms with Crippen molar-refractivity contribution in [1.29, 1.82) is 0 Å². The molecular weight excluding hydrogens is 590 g/mol. The summed E-state index contributed by atoms with van der Waals surface area (Å²) in [7, 11) is 0. The van der Waals surface area contributed by atoms with E-state index in [0.29, 0.717) is 45.4 Å². The van der Waals surface area contributed by atoms with Gasteiger partial charge >= 0.3 is 17.9 Å². The molecule has 46 heavy (non-hydrogen) atoms. The molecule has 10 nitrogen and oxygen atoms in total. The molecule has 2 bridgehead atoms. The highest BCUT2D eigenvalue weighted by atomic mass is 16.6. The van der Waals surface area contributed by atoms with Gasteiger partial charge in [-0.1, -0.05) is 30.7 Å². The molecule has 0 aromatic heterocycles. The summed E-state index contributed by atoms with van der Waals surface area (Å²) in [6, 6.07) is 0. The van der Waals surface area contributed by atoms with Gasteiger partial charge in [-0.3, -0.25) is 19.3 Å². The normalized spacial score (nSPS) is 53.9. The van der Waals surface area contributed by atoms with E-state index in [2.05, 4.69) is 30.1 Å². The Balaban J connectivity index is 1.26. The number of carbonyl (C=O) groups is 3. The summed E-state index contributed by atoms with van der Waals surface area (Å²) < 4.78 is 24.6. The van der Waals surface area contributed by atoms with Gasteiger partial charge in [0.25, 0.3) is 0 Å². The zero-order valence-electron chi connectivity index (χ0n) is 27.7. The first kappa shape index (κ1) is 31.0. The predicted molar refractivity (Wildman–Crippen MR) is 164 cm³/mol. The topological polar surface area (TPSA) is 132 Å². The highest BCUT2D eigenvalue weighted by molar-refractivity contribution is 5.84. The number of rotatable bonds is 3. The number of carbonyl (C=O) groups excluding carboxylic acids is 3. The van der Waals surface area contributed by atoms with Crippen LogP contribution in [0, 0.1) is 51.8 Å². The van der Waals surface area contributed by atoms with Gasteiger partial charge in [-0.2, -0.15) is 0 Å². The molecule has 0 radical (unpaired) electrons. The molecule has 3 aliphatic heterocycles. The Hall–Kier alpha value is -2.27. The Morgan fingerprint density at radius 3 is 2.54 bits per heavy atom. The SMILES string of the molecule is CC(=O)O[C@H]1C[C@@](C)(O)[C@H]2CC=C(C)[C@@H]2[C@H]2OC(=O)[C@]3(C[C@@]45C=C[C@]3(C)[C@@H]4[C@H]3OC(=O)[C@@H](CN4CCOCC4)[C@@H]3CC[C@@]5(C)O)[C@@H]21. The third-order valence-corrected chi connectivity index (χ3v) is 14.5. The molecule has 3 saturated carbocycles. The molecule has 252 valence electrons. The second kappa shape index (κ2) is 9.89. The van der Waals surface area contributed by atoms with Crippen LogP contribution in [0.3, 0.4) is 0 Å². The van der Waals surface area contributed by atoms with Gasteiger partial charge in [0.05, 0.1) is 41.7 Å². The third kappa shape index (κ3) is 3.81. The standard InChI is InChI=1S/C36H49NO9/c1-19-6-7-23-25(19)28-26(24(44-20(2)38)16-33(23,4)41)36(31(40)46-28)18-35-11-10-32(36,3)29(35)27-21(8-9-34(35,5)42)22(30(39)45-27)17-37-12-14-43-15-13-37/h6,10-11,21-29,41-42H,7-9,12-18H2,1-5H3/t21-,22-,23-,24-,25-,26+,27-,28+,29-,32+,33+,34+,35-,36-/m0/s1. The van der Waals surface area contributed by atoms with Gasteiger partial charge in [0, 0.05) is 67.5 Å². The fourth-order valence-corrected chi connectivity index (χ4v) is 12.4. The van der Waals surface area contributed by atoms with Gasteiger partial charge in [0.1, 0.15) is 18.3 Å². The molecule has 0 amide bonds. The van der Waals surface area contributed by atoms with Gasteiger partial charge in [-0.25, -0.2) is 0 Å². The molecule has 3 heterocycles. The number of aliphatic hydroxyl groups is 2. The molecule has 8 aliphatic rings. The second-order valence-electron chi connectivity index (χ2n) is 16.6. The van der Waals surface area contributed by atoms with E-state index >= 15 is 0 Å². The van der Waals surface area contributed by atoms with Crippen molar-refractivity contribution in [3.63, 3.8) is 0 Å². The van der Waals surface area contributed by atoms with Crippen LogP contribution in [0.5, 0.6) is 0 Å². The van der Waals surface area contributed by atoms with E-state index in [1.165, 1.54) is 6.92 Å². The number of nitrogens with zero attached hydrogens (tertiary/aromatic N) is 1. The first-order valence-electron chi connectivity index (χ1n) is 17.4. The van der Waals surface area contributed by atoms with E-state index in [9.17, 15) is 24.6 Å². The predicted octanol–water partition coefficient (Wildman–Crippen LogP) is 2.80. The number of hydrogen-bond acceptors (Lipinski definition) is 10. The second-order valence-corrected chi connectivity index (χ2v) is 16.6. The van der Waals surface area contributed by atoms with Gasteiger partial charge in [-0.05, 0) is 46.5 Å². The largest absolute Gasteiger partial charge is 0.462 e. The maximum atomic E-state index is 14.8. The van der Waals surface area contributed by atoms with Crippen molar-refractivity contribution in [2.45, 2.75) is 96.2 Å². The summed E-state index contributed by atoms with van der Waals surface area (Å²) in [5.74, 6) is -2.76. The lowest BCUT2D eigenvalue weighted by Gasteiger charge is -2.46. The Labute approximate surface area is 270 Å². The fourth-order valence-electron chi connectivity index (χ4n) is 12.4. The molecule has 10 heteroatoms. The summed E-state index contributed by atoms with van der Waals surface area (Å²) in [6.07, 6.45) is 6.75. The first-order chi connectivity index (χ1) is 21.7. The van der Waals surface area contributed by atoms with Gasteiger partial charge < -0.3 is 29.2 Å². The molecule has 0 aromatic carbocycles. The maximum absolute atomic E-state index is 14.8. The fraction of sp³-hybridized carbons (Fsp3) is 0.806. The zero-order valence-corrected chi connectivity index (χ0v) is 27.7. The number of morpholine rings is 1. The molecule has 6 fully saturated rings. The van der Waals surface area contributed by atoms with E-state index in [0.717, 1.165) is 18.7 Å². The van der Waals surface area contributed by atoms with Gasteiger partial charge in [0.2, 0.25) is 0 Å². The molecule has 14 atom stereocenters. The van der Waals surface area contributed by atoms with Crippen molar-refractivity contribution >= 4 is 17.9 Å². The van der Waals surface area contributed by atoms with Crippen LogP contribution in [0.15, 0.2) is 23.8 Å². The van der Waals surface area contributed by atoms with E-state index in [1.54, 1.807) is 0 Å². The Morgan fingerprint density at radius 1 is 1.09 bits per heavy atom. The van der Waals surface area contributed by atoms with E-state index < -0.39 is 57.6 Å². The summed E-state index contributed by atoms with van der Waals surface area (Å²) in [4.78, 5) is 43.5. The maximum Gasteiger partial charge on any atom is 0.313 e. The smallest absolute Gasteiger partial charge is 0.313 e. The van der Waals surface area contributed by atoms with Gasteiger partial charge in [0.15, 0.2) is 0 Å². The lowest BCUT2D eigenvalue weighted by molar-refractivity contribution is -0.165. The molecule has 2 N–H and O–H groups in total. The minimum Gasteiger partial charge on any atom is -0.462 e.